The Bertz CT molecular complexity index is 927. The normalized spacial score (nSPS) is 13.7. The van der Waals surface area contributed by atoms with Gasteiger partial charge in [-0.05, 0) is 30.3 Å². The lowest BCUT2D eigenvalue weighted by molar-refractivity contribution is 0.0986. The molecule has 0 bridgehead atoms. The minimum atomic E-state index is -0.322. The van der Waals surface area contributed by atoms with Gasteiger partial charge in [-0.3, -0.25) is 4.79 Å². The molecule has 0 fully saturated rings. The van der Waals surface area contributed by atoms with E-state index in [-0.39, 0.29) is 11.7 Å². The smallest absolute Gasteiger partial charge is 0.258 e. The molecule has 0 saturated carbocycles. The predicted molar refractivity (Wildman–Crippen MR) is 90.5 cm³/mol. The summed E-state index contributed by atoms with van der Waals surface area (Å²) in [4.78, 5) is 24.7. The van der Waals surface area contributed by atoms with E-state index in [0.29, 0.717) is 35.8 Å². The summed E-state index contributed by atoms with van der Waals surface area (Å²) in [6.07, 6.45) is 4.48. The quantitative estimate of drug-likeness (QED) is 0.714. The molecule has 0 N–H and O–H groups in total. The van der Waals surface area contributed by atoms with E-state index in [9.17, 15) is 9.18 Å². The van der Waals surface area contributed by atoms with Crippen LogP contribution < -0.4 is 9.80 Å². The molecule has 8 heteroatoms. The fraction of sp³-hybridized carbons (Fsp3) is 0.176. The Morgan fingerprint density at radius 3 is 2.84 bits per heavy atom. The number of amides is 1. The number of likely N-dealkylation sites (N-methyl/N-ethyl adjacent to an activating group) is 1. The summed E-state index contributed by atoms with van der Waals surface area (Å²) in [6.45, 7) is 1.15. The zero-order chi connectivity index (χ0) is 17.4. The highest BCUT2D eigenvalue weighted by Gasteiger charge is 2.26. The lowest BCUT2D eigenvalue weighted by atomic mass is 10.1. The summed E-state index contributed by atoms with van der Waals surface area (Å²) < 4.78 is 15.1. The number of anilines is 2. The van der Waals surface area contributed by atoms with Crippen LogP contribution in [0.2, 0.25) is 0 Å². The first kappa shape index (κ1) is 15.3. The first-order valence-electron chi connectivity index (χ1n) is 7.77. The number of hydrogen-bond acceptors (Lipinski definition) is 5. The maximum Gasteiger partial charge on any atom is 0.258 e. The van der Waals surface area contributed by atoms with Gasteiger partial charge in [0.2, 0.25) is 0 Å². The highest BCUT2D eigenvalue weighted by atomic mass is 19.1. The maximum atomic E-state index is 13.6. The number of carbonyl (C=O) groups is 1. The number of nitrogens with zero attached hydrogens (tertiary/aromatic N) is 6. The fourth-order valence-corrected chi connectivity index (χ4v) is 2.89. The van der Waals surface area contributed by atoms with Crippen molar-refractivity contribution in [3.63, 3.8) is 0 Å². The first-order valence-corrected chi connectivity index (χ1v) is 7.77. The molecule has 3 aromatic rings. The molecule has 1 aliphatic heterocycles. The number of pyridine rings is 1. The molecule has 2 aromatic heterocycles. The topological polar surface area (TPSA) is 67.2 Å². The summed E-state index contributed by atoms with van der Waals surface area (Å²) in [7, 11) is 1.88. The van der Waals surface area contributed by atoms with Gasteiger partial charge in [0.15, 0.2) is 5.82 Å². The molecule has 0 spiro atoms. The van der Waals surface area contributed by atoms with Crippen LogP contribution in [0.1, 0.15) is 10.4 Å². The average molecular weight is 338 g/mol. The minimum absolute atomic E-state index is 0.162. The van der Waals surface area contributed by atoms with Crippen LogP contribution in [-0.2, 0) is 0 Å². The van der Waals surface area contributed by atoms with E-state index in [2.05, 4.69) is 15.1 Å². The molecule has 0 aliphatic carbocycles. The van der Waals surface area contributed by atoms with E-state index < -0.39 is 0 Å². The molecule has 126 valence electrons. The van der Waals surface area contributed by atoms with Crippen molar-refractivity contribution >= 4 is 17.3 Å². The second kappa shape index (κ2) is 5.97. The van der Waals surface area contributed by atoms with Crippen molar-refractivity contribution in [3.05, 3.63) is 60.6 Å². The van der Waals surface area contributed by atoms with Crippen molar-refractivity contribution in [2.75, 3.05) is 29.9 Å². The molecule has 1 aromatic carbocycles. The van der Waals surface area contributed by atoms with Gasteiger partial charge in [0, 0.05) is 31.9 Å². The van der Waals surface area contributed by atoms with Gasteiger partial charge in [-0.25, -0.2) is 19.0 Å². The van der Waals surface area contributed by atoms with Crippen LogP contribution in [0.25, 0.3) is 5.82 Å². The molecule has 7 nitrogen and oxygen atoms in total. The number of rotatable bonds is 2. The fourth-order valence-electron chi connectivity index (χ4n) is 2.89. The third kappa shape index (κ3) is 2.71. The van der Waals surface area contributed by atoms with Crippen molar-refractivity contribution in [2.24, 2.45) is 0 Å². The second-order valence-corrected chi connectivity index (χ2v) is 5.75. The second-order valence-electron chi connectivity index (χ2n) is 5.75. The van der Waals surface area contributed by atoms with Crippen LogP contribution in [0.3, 0.4) is 0 Å². The van der Waals surface area contributed by atoms with Gasteiger partial charge >= 0.3 is 0 Å². The summed E-state index contributed by atoms with van der Waals surface area (Å²) in [5.41, 5.74) is 1.88. The van der Waals surface area contributed by atoms with Gasteiger partial charge in [-0.15, -0.1) is 0 Å². The molecule has 0 unspecified atom stereocenters. The van der Waals surface area contributed by atoms with Gasteiger partial charge in [0.05, 0.1) is 11.4 Å². The Morgan fingerprint density at radius 1 is 1.16 bits per heavy atom. The van der Waals surface area contributed by atoms with E-state index in [1.165, 1.54) is 29.5 Å². The largest absolute Gasteiger partial charge is 0.371 e. The lowest BCUT2D eigenvalue weighted by Gasteiger charge is -2.35. The third-order valence-corrected chi connectivity index (χ3v) is 4.19. The first-order chi connectivity index (χ1) is 12.1. The highest BCUT2D eigenvalue weighted by molar-refractivity contribution is 6.08. The van der Waals surface area contributed by atoms with Crippen LogP contribution in [0.5, 0.6) is 0 Å². The van der Waals surface area contributed by atoms with Gasteiger partial charge in [0.25, 0.3) is 5.91 Å². The summed E-state index contributed by atoms with van der Waals surface area (Å²) in [5.74, 6) is 0.0267. The lowest BCUT2D eigenvalue weighted by Crippen LogP contribution is -2.42. The van der Waals surface area contributed by atoms with Crippen molar-refractivity contribution in [1.29, 1.82) is 0 Å². The van der Waals surface area contributed by atoms with E-state index in [1.807, 2.05) is 11.9 Å². The van der Waals surface area contributed by atoms with Crippen molar-refractivity contribution in [1.82, 2.24) is 19.7 Å². The number of benzene rings is 1. The molecular weight excluding hydrogens is 323 g/mol. The van der Waals surface area contributed by atoms with Crippen molar-refractivity contribution in [2.45, 2.75) is 0 Å². The van der Waals surface area contributed by atoms with Crippen LogP contribution in [0.4, 0.5) is 15.8 Å². The van der Waals surface area contributed by atoms with E-state index in [1.54, 1.807) is 29.3 Å². The minimum Gasteiger partial charge on any atom is -0.371 e. The number of fused-ring (bicyclic) bond motifs is 1. The van der Waals surface area contributed by atoms with Gasteiger partial charge < -0.3 is 9.80 Å². The van der Waals surface area contributed by atoms with E-state index in [0.717, 1.165) is 0 Å². The molecule has 0 atom stereocenters. The summed E-state index contributed by atoms with van der Waals surface area (Å²) >= 11 is 0. The number of hydrogen-bond donors (Lipinski definition) is 0. The molecule has 3 heterocycles. The van der Waals surface area contributed by atoms with Crippen molar-refractivity contribution < 1.29 is 9.18 Å². The number of halogens is 1. The van der Waals surface area contributed by atoms with Crippen LogP contribution in [0.15, 0.2) is 49.2 Å². The monoisotopic (exact) mass is 338 g/mol. The summed E-state index contributed by atoms with van der Waals surface area (Å²) in [5, 5.41) is 4.02. The van der Waals surface area contributed by atoms with Gasteiger partial charge in [0.1, 0.15) is 18.5 Å². The Labute approximate surface area is 143 Å². The Balaban J connectivity index is 1.71. The Hall–Kier alpha value is -3.29. The van der Waals surface area contributed by atoms with Crippen molar-refractivity contribution in [3.8, 4) is 5.82 Å². The Kier molecular flexibility index (Phi) is 3.64. The molecule has 1 amide bonds. The van der Waals surface area contributed by atoms with Crippen LogP contribution in [0, 0.1) is 5.82 Å². The molecule has 4 rings (SSSR count). The summed E-state index contributed by atoms with van der Waals surface area (Å²) in [6, 6.07) is 7.77. The van der Waals surface area contributed by atoms with Gasteiger partial charge in [-0.2, -0.15) is 5.10 Å². The predicted octanol–water partition coefficient (Wildman–Crippen LogP) is 1.90. The molecule has 0 radical (unpaired) electrons. The molecule has 1 aliphatic rings. The highest BCUT2D eigenvalue weighted by Crippen LogP contribution is 2.33. The SMILES string of the molecule is CN1CCN(C(=O)c2ccnc(-n3cncn3)c2)c2ccc(F)cc21. The van der Waals surface area contributed by atoms with Gasteiger partial charge in [-0.1, -0.05) is 0 Å². The standard InChI is InChI=1S/C17H15FN6O/c1-22-6-7-23(14-3-2-13(18)9-15(14)22)17(25)12-4-5-20-16(8-12)24-11-19-10-21-24/h2-5,8-11H,6-7H2,1H3. The number of carbonyl (C=O) groups excluding carboxylic acids is 1. The zero-order valence-electron chi connectivity index (χ0n) is 13.5. The number of aromatic nitrogens is 4. The van der Waals surface area contributed by atoms with Crippen LogP contribution in [-0.4, -0.2) is 45.8 Å². The zero-order valence-corrected chi connectivity index (χ0v) is 13.5. The molecular formula is C17H15FN6O. The molecule has 25 heavy (non-hydrogen) atoms. The Morgan fingerprint density at radius 2 is 2.04 bits per heavy atom. The molecule has 0 saturated heterocycles. The average Bonchev–Trinajstić information content (AvgIpc) is 3.17. The van der Waals surface area contributed by atoms with Crippen LogP contribution >= 0.6 is 0 Å². The maximum absolute atomic E-state index is 13.6. The third-order valence-electron chi connectivity index (χ3n) is 4.19. The van der Waals surface area contributed by atoms with E-state index in [4.69, 9.17) is 0 Å². The van der Waals surface area contributed by atoms with E-state index >= 15 is 0 Å².